The first-order valence-corrected chi connectivity index (χ1v) is 7.54. The molecule has 2 aromatic carbocycles. The van der Waals surface area contributed by atoms with E-state index in [9.17, 15) is 0 Å². The van der Waals surface area contributed by atoms with Gasteiger partial charge in [-0.3, -0.25) is 0 Å². The molecule has 0 fully saturated rings. The summed E-state index contributed by atoms with van der Waals surface area (Å²) in [4.78, 5) is 3.32. The standard InChI is InChI=1S/C19H18ClN/c1-4-15-12(2)9-14(11-18(15)20)10-17-13(3)21-19-8-6-5-7-16(17)19/h5-11,21H,3-4H2,1-2H3/b17-10+. The van der Waals surface area contributed by atoms with Gasteiger partial charge in [0.1, 0.15) is 0 Å². The molecule has 21 heavy (non-hydrogen) atoms. The molecular formula is C19H18ClN. The molecular weight excluding hydrogens is 278 g/mol. The van der Waals surface area contributed by atoms with E-state index < -0.39 is 0 Å². The van der Waals surface area contributed by atoms with E-state index in [1.54, 1.807) is 0 Å². The molecule has 0 unspecified atom stereocenters. The number of aryl methyl sites for hydroxylation is 1. The summed E-state index contributed by atoms with van der Waals surface area (Å²) in [7, 11) is 0. The number of halogens is 1. The Bertz CT molecular complexity index is 895. The SMILES string of the molecule is C=c1[nH]c2ccccc2/c1=C/c1cc(C)c(CC)c(Cl)c1. The minimum atomic E-state index is 0.842. The number of hydrogen-bond donors (Lipinski definition) is 1. The van der Waals surface area contributed by atoms with Gasteiger partial charge in [-0.1, -0.05) is 49.4 Å². The molecule has 0 spiro atoms. The summed E-state index contributed by atoms with van der Waals surface area (Å²) in [6.45, 7) is 8.36. The fraction of sp³-hybridized carbons (Fsp3) is 0.158. The van der Waals surface area contributed by atoms with Crippen molar-refractivity contribution >= 4 is 35.2 Å². The Morgan fingerprint density at radius 3 is 2.71 bits per heavy atom. The topological polar surface area (TPSA) is 15.8 Å². The van der Waals surface area contributed by atoms with E-state index in [0.717, 1.165) is 33.1 Å². The van der Waals surface area contributed by atoms with Gasteiger partial charge >= 0.3 is 0 Å². The quantitative estimate of drug-likeness (QED) is 0.737. The zero-order chi connectivity index (χ0) is 15.0. The molecule has 1 heterocycles. The molecule has 0 saturated heterocycles. The van der Waals surface area contributed by atoms with E-state index in [0.29, 0.717) is 0 Å². The monoisotopic (exact) mass is 295 g/mol. The predicted molar refractivity (Wildman–Crippen MR) is 92.2 cm³/mol. The molecule has 3 rings (SSSR count). The zero-order valence-corrected chi connectivity index (χ0v) is 13.1. The number of nitrogens with one attached hydrogen (secondary N) is 1. The van der Waals surface area contributed by atoms with Crippen LogP contribution >= 0.6 is 11.6 Å². The molecule has 1 nitrogen and oxygen atoms in total. The highest BCUT2D eigenvalue weighted by atomic mass is 35.5. The lowest BCUT2D eigenvalue weighted by atomic mass is 10.0. The highest BCUT2D eigenvalue weighted by Gasteiger charge is 2.04. The van der Waals surface area contributed by atoms with Crippen molar-refractivity contribution in [2.24, 2.45) is 0 Å². The average molecular weight is 296 g/mol. The Kier molecular flexibility index (Phi) is 3.60. The lowest BCUT2D eigenvalue weighted by molar-refractivity contribution is 1.11. The fourth-order valence-electron chi connectivity index (χ4n) is 2.88. The number of aromatic amines is 1. The summed E-state index contributed by atoms with van der Waals surface area (Å²) < 4.78 is 0. The third-order valence-corrected chi connectivity index (χ3v) is 4.27. The van der Waals surface area contributed by atoms with Crippen LogP contribution in [0.25, 0.3) is 23.6 Å². The van der Waals surface area contributed by atoms with Crippen LogP contribution in [0.15, 0.2) is 36.4 Å². The molecule has 0 radical (unpaired) electrons. The van der Waals surface area contributed by atoms with Crippen LogP contribution in [0.1, 0.15) is 23.6 Å². The van der Waals surface area contributed by atoms with Crippen LogP contribution in [0, 0.1) is 6.92 Å². The Morgan fingerprint density at radius 1 is 1.24 bits per heavy atom. The van der Waals surface area contributed by atoms with Gasteiger partial charge in [-0.15, -0.1) is 0 Å². The maximum atomic E-state index is 6.39. The average Bonchev–Trinajstić information content (AvgIpc) is 2.75. The highest BCUT2D eigenvalue weighted by Crippen LogP contribution is 2.23. The van der Waals surface area contributed by atoms with Crippen molar-refractivity contribution in [1.29, 1.82) is 0 Å². The molecule has 0 atom stereocenters. The largest absolute Gasteiger partial charge is 0.355 e. The van der Waals surface area contributed by atoms with E-state index in [-0.39, 0.29) is 0 Å². The third kappa shape index (κ3) is 2.50. The third-order valence-electron chi connectivity index (χ3n) is 3.93. The summed E-state index contributed by atoms with van der Waals surface area (Å²) in [6.07, 6.45) is 3.11. The van der Waals surface area contributed by atoms with E-state index in [4.69, 9.17) is 11.6 Å². The van der Waals surface area contributed by atoms with Crippen molar-refractivity contribution in [3.63, 3.8) is 0 Å². The normalized spacial score (nSPS) is 12.2. The van der Waals surface area contributed by atoms with E-state index in [2.05, 4.69) is 49.7 Å². The van der Waals surface area contributed by atoms with E-state index >= 15 is 0 Å². The van der Waals surface area contributed by atoms with Crippen LogP contribution in [-0.4, -0.2) is 4.98 Å². The predicted octanol–water partition coefficient (Wildman–Crippen LogP) is 3.93. The molecule has 2 heteroatoms. The second-order valence-electron chi connectivity index (χ2n) is 5.36. The number of benzene rings is 2. The molecule has 106 valence electrons. The van der Waals surface area contributed by atoms with Crippen LogP contribution in [0.3, 0.4) is 0 Å². The zero-order valence-electron chi connectivity index (χ0n) is 12.3. The van der Waals surface area contributed by atoms with Crippen LogP contribution in [0.4, 0.5) is 0 Å². The van der Waals surface area contributed by atoms with Crippen LogP contribution in [0.5, 0.6) is 0 Å². The molecule has 0 aliphatic rings. The number of aromatic nitrogens is 1. The lowest BCUT2D eigenvalue weighted by Gasteiger charge is -2.07. The highest BCUT2D eigenvalue weighted by molar-refractivity contribution is 6.31. The van der Waals surface area contributed by atoms with Crippen molar-refractivity contribution in [3.05, 3.63) is 68.7 Å². The van der Waals surface area contributed by atoms with E-state index in [1.165, 1.54) is 16.5 Å². The molecule has 0 aliphatic heterocycles. The molecule has 0 aliphatic carbocycles. The second kappa shape index (κ2) is 5.42. The van der Waals surface area contributed by atoms with Crippen LogP contribution in [-0.2, 0) is 6.42 Å². The first-order chi connectivity index (χ1) is 10.1. The summed E-state index contributed by atoms with van der Waals surface area (Å²) >= 11 is 6.39. The van der Waals surface area contributed by atoms with Gasteiger partial charge in [0.25, 0.3) is 0 Å². The second-order valence-corrected chi connectivity index (χ2v) is 5.77. The van der Waals surface area contributed by atoms with Gasteiger partial charge in [0.2, 0.25) is 0 Å². The Balaban J connectivity index is 2.26. The van der Waals surface area contributed by atoms with Crippen molar-refractivity contribution in [2.75, 3.05) is 0 Å². The van der Waals surface area contributed by atoms with Gasteiger partial charge < -0.3 is 4.98 Å². The van der Waals surface area contributed by atoms with Gasteiger partial charge in [-0.2, -0.15) is 0 Å². The lowest BCUT2D eigenvalue weighted by Crippen LogP contribution is -2.20. The fourth-order valence-corrected chi connectivity index (χ4v) is 3.29. The molecule has 3 aromatic rings. The summed E-state index contributed by atoms with van der Waals surface area (Å²) in [6, 6.07) is 12.5. The van der Waals surface area contributed by atoms with Crippen molar-refractivity contribution < 1.29 is 0 Å². The molecule has 1 aromatic heterocycles. The minimum Gasteiger partial charge on any atom is -0.355 e. The molecule has 1 N–H and O–H groups in total. The number of hydrogen-bond acceptors (Lipinski definition) is 0. The van der Waals surface area contributed by atoms with Gasteiger partial charge in [-0.25, -0.2) is 0 Å². The maximum Gasteiger partial charge on any atom is 0.0464 e. The molecule has 0 saturated carbocycles. The summed E-state index contributed by atoms with van der Waals surface area (Å²) in [5.74, 6) is 0. The number of rotatable bonds is 2. The Hall–Kier alpha value is -1.99. The molecule has 0 amide bonds. The first-order valence-electron chi connectivity index (χ1n) is 7.16. The summed E-state index contributed by atoms with van der Waals surface area (Å²) in [5.41, 5.74) is 4.69. The van der Waals surface area contributed by atoms with Gasteiger partial charge in [0, 0.05) is 26.5 Å². The smallest absolute Gasteiger partial charge is 0.0464 e. The number of para-hydroxylation sites is 1. The van der Waals surface area contributed by atoms with Crippen molar-refractivity contribution in [2.45, 2.75) is 20.3 Å². The maximum absolute atomic E-state index is 6.39. The Morgan fingerprint density at radius 2 is 2.00 bits per heavy atom. The van der Waals surface area contributed by atoms with Gasteiger partial charge in [0.05, 0.1) is 0 Å². The van der Waals surface area contributed by atoms with Crippen molar-refractivity contribution in [3.8, 4) is 0 Å². The Labute approximate surface area is 129 Å². The van der Waals surface area contributed by atoms with Crippen molar-refractivity contribution in [1.82, 2.24) is 4.98 Å². The van der Waals surface area contributed by atoms with Gasteiger partial charge in [-0.05, 0) is 48.2 Å². The number of fused-ring (bicyclic) bond motifs is 1. The first kappa shape index (κ1) is 14.0. The van der Waals surface area contributed by atoms with Crippen LogP contribution in [0.2, 0.25) is 5.02 Å². The van der Waals surface area contributed by atoms with E-state index in [1.807, 2.05) is 18.2 Å². The summed E-state index contributed by atoms with van der Waals surface area (Å²) in [5, 5.41) is 4.10. The number of H-pyrrole nitrogens is 1. The molecule has 0 bridgehead atoms. The van der Waals surface area contributed by atoms with Gasteiger partial charge in [0.15, 0.2) is 0 Å². The van der Waals surface area contributed by atoms with Crippen LogP contribution < -0.4 is 10.6 Å². The minimum absolute atomic E-state index is 0.842.